The first-order valence-corrected chi connectivity index (χ1v) is 6.72. The fourth-order valence-corrected chi connectivity index (χ4v) is 1.83. The molecule has 0 aliphatic heterocycles. The minimum atomic E-state index is 0.646. The minimum absolute atomic E-state index is 0.646. The molecule has 4 heteroatoms. The van der Waals surface area contributed by atoms with E-state index >= 15 is 0 Å². The number of methoxy groups -OCH3 is 1. The average molecular weight is 263 g/mol. The van der Waals surface area contributed by atoms with Crippen molar-refractivity contribution in [1.82, 2.24) is 10.2 Å². The Hall–Kier alpha value is -1.55. The Morgan fingerprint density at radius 2 is 2.11 bits per heavy atom. The Morgan fingerprint density at radius 1 is 1.37 bits per heavy atom. The van der Waals surface area contributed by atoms with Crippen molar-refractivity contribution >= 4 is 5.96 Å². The normalized spacial score (nSPS) is 11.5. The summed E-state index contributed by atoms with van der Waals surface area (Å²) in [5, 5.41) is 3.30. The van der Waals surface area contributed by atoms with Crippen LogP contribution in [0.4, 0.5) is 0 Å². The van der Waals surface area contributed by atoms with Gasteiger partial charge in [0.15, 0.2) is 5.96 Å². The van der Waals surface area contributed by atoms with Crippen LogP contribution in [-0.4, -0.2) is 44.7 Å². The molecule has 1 aromatic carbocycles. The highest BCUT2D eigenvalue weighted by atomic mass is 16.5. The van der Waals surface area contributed by atoms with Crippen molar-refractivity contribution in [3.8, 4) is 0 Å². The summed E-state index contributed by atoms with van der Waals surface area (Å²) < 4.78 is 5.03. The van der Waals surface area contributed by atoms with Crippen molar-refractivity contribution in [2.75, 3.05) is 33.9 Å². The van der Waals surface area contributed by atoms with Crippen molar-refractivity contribution < 1.29 is 4.74 Å². The van der Waals surface area contributed by atoms with E-state index in [1.807, 2.05) is 0 Å². The number of hydrogen-bond acceptors (Lipinski definition) is 2. The molecule has 0 fully saturated rings. The molecule has 19 heavy (non-hydrogen) atoms. The number of hydrogen-bond donors (Lipinski definition) is 1. The molecule has 0 radical (unpaired) electrons. The Morgan fingerprint density at radius 3 is 2.74 bits per heavy atom. The van der Waals surface area contributed by atoms with Gasteiger partial charge in [-0.1, -0.05) is 24.3 Å². The van der Waals surface area contributed by atoms with Gasteiger partial charge in [0.05, 0.1) is 13.2 Å². The average Bonchev–Trinajstić information content (AvgIpc) is 2.40. The molecule has 0 aliphatic rings. The van der Waals surface area contributed by atoms with Crippen molar-refractivity contribution in [2.24, 2.45) is 4.99 Å². The third kappa shape index (κ3) is 5.30. The molecule has 106 valence electrons. The predicted octanol–water partition coefficient (Wildman–Crippen LogP) is 2.04. The van der Waals surface area contributed by atoms with Crippen molar-refractivity contribution in [3.63, 3.8) is 0 Å². The molecule has 0 spiro atoms. The second-order valence-corrected chi connectivity index (χ2v) is 4.51. The van der Waals surface area contributed by atoms with Gasteiger partial charge >= 0.3 is 0 Å². The summed E-state index contributed by atoms with van der Waals surface area (Å²) in [5.74, 6) is 0.919. The van der Waals surface area contributed by atoms with Crippen LogP contribution in [0.25, 0.3) is 0 Å². The number of guanidine groups is 1. The molecule has 0 atom stereocenters. The summed E-state index contributed by atoms with van der Waals surface area (Å²) in [7, 11) is 3.75. The number of benzene rings is 1. The molecule has 0 unspecified atom stereocenters. The zero-order valence-corrected chi connectivity index (χ0v) is 12.4. The first kappa shape index (κ1) is 15.5. The lowest BCUT2D eigenvalue weighted by molar-refractivity contribution is 0.207. The third-order valence-corrected chi connectivity index (χ3v) is 2.92. The van der Waals surface area contributed by atoms with E-state index in [0.717, 1.165) is 19.0 Å². The lowest BCUT2D eigenvalue weighted by Gasteiger charge is -2.23. The second-order valence-electron chi connectivity index (χ2n) is 4.51. The van der Waals surface area contributed by atoms with Gasteiger partial charge in [-0.3, -0.25) is 4.99 Å². The molecule has 0 saturated carbocycles. The van der Waals surface area contributed by atoms with Crippen molar-refractivity contribution in [2.45, 2.75) is 20.4 Å². The molecule has 0 saturated heterocycles. The molecule has 0 aromatic heterocycles. The zero-order chi connectivity index (χ0) is 14.1. The van der Waals surface area contributed by atoms with Gasteiger partial charge in [0, 0.05) is 27.2 Å². The van der Waals surface area contributed by atoms with Crippen LogP contribution in [0.1, 0.15) is 18.1 Å². The van der Waals surface area contributed by atoms with Crippen molar-refractivity contribution in [3.05, 3.63) is 35.4 Å². The van der Waals surface area contributed by atoms with Gasteiger partial charge in [0.2, 0.25) is 0 Å². The molecule has 1 N–H and O–H groups in total. The highest BCUT2D eigenvalue weighted by Crippen LogP contribution is 2.09. The van der Waals surface area contributed by atoms with Crippen LogP contribution >= 0.6 is 0 Å². The predicted molar refractivity (Wildman–Crippen MR) is 80.5 cm³/mol. The lowest BCUT2D eigenvalue weighted by Crippen LogP contribution is -2.38. The van der Waals surface area contributed by atoms with Crippen LogP contribution in [0.2, 0.25) is 0 Å². The molecule has 0 bridgehead atoms. The first-order valence-electron chi connectivity index (χ1n) is 6.72. The topological polar surface area (TPSA) is 36.9 Å². The van der Waals surface area contributed by atoms with E-state index in [1.165, 1.54) is 11.1 Å². The van der Waals surface area contributed by atoms with E-state index in [9.17, 15) is 0 Å². The maximum Gasteiger partial charge on any atom is 0.194 e. The number of nitrogens with one attached hydrogen (secondary N) is 1. The number of ether oxygens (including phenoxy) is 1. The summed E-state index contributed by atoms with van der Waals surface area (Å²) in [5.41, 5.74) is 2.63. The Bertz CT molecular complexity index is 404. The van der Waals surface area contributed by atoms with Crippen LogP contribution in [0.5, 0.6) is 0 Å². The van der Waals surface area contributed by atoms with Gasteiger partial charge in [-0.2, -0.15) is 0 Å². The van der Waals surface area contributed by atoms with Crippen LogP contribution in [0.15, 0.2) is 29.3 Å². The fourth-order valence-electron chi connectivity index (χ4n) is 1.83. The maximum absolute atomic E-state index is 5.03. The molecule has 0 heterocycles. The van der Waals surface area contributed by atoms with E-state index in [0.29, 0.717) is 13.2 Å². The smallest absolute Gasteiger partial charge is 0.194 e. The standard InChI is InChI=1S/C15H25N3O/c1-5-16-15(17-10-11-19-4)18(3)12-14-9-7-6-8-13(14)2/h6-9H,5,10-12H2,1-4H3,(H,16,17). The number of aryl methyl sites for hydroxylation is 1. The Balaban J connectivity index is 2.68. The van der Waals surface area contributed by atoms with Gasteiger partial charge in [0.25, 0.3) is 0 Å². The van der Waals surface area contributed by atoms with Gasteiger partial charge in [-0.05, 0) is 25.0 Å². The number of nitrogens with zero attached hydrogens (tertiary/aromatic N) is 2. The third-order valence-electron chi connectivity index (χ3n) is 2.92. The Kier molecular flexibility index (Phi) is 6.97. The fraction of sp³-hybridized carbons (Fsp3) is 0.533. The molecule has 1 rings (SSSR count). The van der Waals surface area contributed by atoms with E-state index in [4.69, 9.17) is 4.74 Å². The molecule has 0 aliphatic carbocycles. The second kappa shape index (κ2) is 8.53. The SMILES string of the molecule is CCNC(=NCCOC)N(C)Cc1ccccc1C. The first-order chi connectivity index (χ1) is 9.19. The summed E-state index contributed by atoms with van der Waals surface area (Å²) in [4.78, 5) is 6.68. The van der Waals surface area contributed by atoms with Crippen LogP contribution in [0.3, 0.4) is 0 Å². The molecule has 1 aromatic rings. The highest BCUT2D eigenvalue weighted by Gasteiger charge is 2.07. The molecular weight excluding hydrogens is 238 g/mol. The van der Waals surface area contributed by atoms with Crippen LogP contribution < -0.4 is 5.32 Å². The zero-order valence-electron chi connectivity index (χ0n) is 12.4. The number of rotatable bonds is 6. The summed E-state index contributed by atoms with van der Waals surface area (Å²) >= 11 is 0. The van der Waals surface area contributed by atoms with E-state index in [2.05, 4.69) is 60.4 Å². The Labute approximate surface area is 116 Å². The minimum Gasteiger partial charge on any atom is -0.383 e. The van der Waals surface area contributed by atoms with E-state index in [-0.39, 0.29) is 0 Å². The highest BCUT2D eigenvalue weighted by molar-refractivity contribution is 5.79. The molecular formula is C15H25N3O. The van der Waals surface area contributed by atoms with Crippen molar-refractivity contribution in [1.29, 1.82) is 0 Å². The summed E-state index contributed by atoms with van der Waals surface area (Å²) in [6.07, 6.45) is 0. The monoisotopic (exact) mass is 263 g/mol. The van der Waals surface area contributed by atoms with Gasteiger partial charge < -0.3 is 15.0 Å². The van der Waals surface area contributed by atoms with Crippen LogP contribution in [0, 0.1) is 6.92 Å². The molecule has 0 amide bonds. The van der Waals surface area contributed by atoms with Gasteiger partial charge in [0.1, 0.15) is 0 Å². The largest absolute Gasteiger partial charge is 0.383 e. The van der Waals surface area contributed by atoms with Gasteiger partial charge in [-0.15, -0.1) is 0 Å². The van der Waals surface area contributed by atoms with E-state index < -0.39 is 0 Å². The summed E-state index contributed by atoms with van der Waals surface area (Å²) in [6, 6.07) is 8.44. The lowest BCUT2D eigenvalue weighted by atomic mass is 10.1. The quantitative estimate of drug-likeness (QED) is 0.485. The van der Waals surface area contributed by atoms with E-state index in [1.54, 1.807) is 7.11 Å². The summed E-state index contributed by atoms with van der Waals surface area (Å²) in [6.45, 7) is 7.26. The molecule has 4 nitrogen and oxygen atoms in total. The van der Waals surface area contributed by atoms with Crippen LogP contribution in [-0.2, 0) is 11.3 Å². The van der Waals surface area contributed by atoms with Gasteiger partial charge in [-0.25, -0.2) is 0 Å². The maximum atomic E-state index is 5.03. The number of aliphatic imine (C=N–C) groups is 1.